The van der Waals surface area contributed by atoms with Gasteiger partial charge in [-0.15, -0.1) is 6.58 Å². The Bertz CT molecular complexity index is 388. The molecule has 3 nitrogen and oxygen atoms in total. The SMILES string of the molecule is C=CCc1ccccc1N[C@H](C)C(=O)OCC. The van der Waals surface area contributed by atoms with E-state index in [0.717, 1.165) is 17.7 Å². The molecule has 0 spiro atoms. The number of ether oxygens (including phenoxy) is 1. The van der Waals surface area contributed by atoms with Gasteiger partial charge in [0.2, 0.25) is 0 Å². The minimum absolute atomic E-state index is 0.235. The Hall–Kier alpha value is -1.77. The van der Waals surface area contributed by atoms with E-state index in [9.17, 15) is 4.79 Å². The van der Waals surface area contributed by atoms with Crippen molar-refractivity contribution in [1.82, 2.24) is 0 Å². The molecule has 0 fully saturated rings. The number of benzene rings is 1. The molecule has 0 aliphatic carbocycles. The van der Waals surface area contributed by atoms with Gasteiger partial charge in [0.15, 0.2) is 0 Å². The summed E-state index contributed by atoms with van der Waals surface area (Å²) in [5, 5.41) is 3.16. The number of esters is 1. The molecule has 0 bridgehead atoms. The van der Waals surface area contributed by atoms with Gasteiger partial charge in [0.1, 0.15) is 6.04 Å². The first-order valence-electron chi connectivity index (χ1n) is 5.81. The number of para-hydroxylation sites is 1. The Balaban J connectivity index is 2.73. The largest absolute Gasteiger partial charge is 0.464 e. The summed E-state index contributed by atoms with van der Waals surface area (Å²) in [6.45, 7) is 7.72. The van der Waals surface area contributed by atoms with Gasteiger partial charge in [-0.05, 0) is 31.9 Å². The molecule has 0 radical (unpaired) electrons. The molecule has 0 saturated heterocycles. The van der Waals surface area contributed by atoms with Crippen molar-refractivity contribution in [3.63, 3.8) is 0 Å². The smallest absolute Gasteiger partial charge is 0.328 e. The van der Waals surface area contributed by atoms with Crippen molar-refractivity contribution < 1.29 is 9.53 Å². The lowest BCUT2D eigenvalue weighted by Crippen LogP contribution is -2.28. The Morgan fingerprint density at radius 2 is 2.24 bits per heavy atom. The molecule has 0 amide bonds. The van der Waals surface area contributed by atoms with E-state index < -0.39 is 0 Å². The normalized spacial score (nSPS) is 11.6. The monoisotopic (exact) mass is 233 g/mol. The van der Waals surface area contributed by atoms with Gasteiger partial charge in [-0.1, -0.05) is 24.3 Å². The summed E-state index contributed by atoms with van der Waals surface area (Å²) in [6, 6.07) is 7.53. The molecule has 0 aliphatic heterocycles. The summed E-state index contributed by atoms with van der Waals surface area (Å²) in [7, 11) is 0. The maximum atomic E-state index is 11.5. The molecule has 1 atom stereocenters. The zero-order chi connectivity index (χ0) is 12.7. The third kappa shape index (κ3) is 3.94. The minimum atomic E-state index is -0.346. The predicted octanol–water partition coefficient (Wildman–Crippen LogP) is 2.78. The fraction of sp³-hybridized carbons (Fsp3) is 0.357. The van der Waals surface area contributed by atoms with Gasteiger partial charge in [-0.25, -0.2) is 4.79 Å². The van der Waals surface area contributed by atoms with Crippen LogP contribution in [0.3, 0.4) is 0 Å². The molecule has 17 heavy (non-hydrogen) atoms. The van der Waals surface area contributed by atoms with Crippen LogP contribution in [0.2, 0.25) is 0 Å². The maximum Gasteiger partial charge on any atom is 0.328 e. The first kappa shape index (κ1) is 13.3. The molecule has 3 heteroatoms. The van der Waals surface area contributed by atoms with Crippen LogP contribution in [0.4, 0.5) is 5.69 Å². The predicted molar refractivity (Wildman–Crippen MR) is 70.1 cm³/mol. The van der Waals surface area contributed by atoms with Crippen molar-refractivity contribution in [2.24, 2.45) is 0 Å². The molecule has 1 N–H and O–H groups in total. The first-order valence-corrected chi connectivity index (χ1v) is 5.81. The zero-order valence-electron chi connectivity index (χ0n) is 10.4. The van der Waals surface area contributed by atoms with Gasteiger partial charge < -0.3 is 10.1 Å². The highest BCUT2D eigenvalue weighted by Crippen LogP contribution is 2.17. The highest BCUT2D eigenvalue weighted by molar-refractivity contribution is 5.79. The van der Waals surface area contributed by atoms with Crippen LogP contribution in [0.1, 0.15) is 19.4 Å². The highest BCUT2D eigenvalue weighted by atomic mass is 16.5. The van der Waals surface area contributed by atoms with Gasteiger partial charge in [0.25, 0.3) is 0 Å². The second-order valence-corrected chi connectivity index (χ2v) is 3.77. The Kier molecular flexibility index (Phi) is 5.27. The molecule has 92 valence electrons. The molecule has 0 unspecified atom stereocenters. The summed E-state index contributed by atoms with van der Waals surface area (Å²) in [6.07, 6.45) is 2.62. The number of hydrogen-bond donors (Lipinski definition) is 1. The van der Waals surface area contributed by atoms with Crippen LogP contribution in [0.5, 0.6) is 0 Å². The van der Waals surface area contributed by atoms with Gasteiger partial charge in [-0.2, -0.15) is 0 Å². The average Bonchev–Trinajstić information content (AvgIpc) is 2.32. The van der Waals surface area contributed by atoms with Crippen molar-refractivity contribution in [3.05, 3.63) is 42.5 Å². The van der Waals surface area contributed by atoms with E-state index in [1.54, 1.807) is 13.8 Å². The minimum Gasteiger partial charge on any atom is -0.464 e. The lowest BCUT2D eigenvalue weighted by atomic mass is 10.1. The fourth-order valence-electron chi connectivity index (χ4n) is 1.55. The Morgan fingerprint density at radius 3 is 2.88 bits per heavy atom. The van der Waals surface area contributed by atoms with Crippen LogP contribution in [-0.2, 0) is 16.0 Å². The lowest BCUT2D eigenvalue weighted by Gasteiger charge is -2.16. The van der Waals surface area contributed by atoms with Gasteiger partial charge >= 0.3 is 5.97 Å². The Morgan fingerprint density at radius 1 is 1.53 bits per heavy atom. The van der Waals surface area contributed by atoms with E-state index in [0.29, 0.717) is 6.61 Å². The molecule has 0 aliphatic rings. The molecule has 0 heterocycles. The molecular formula is C14H19NO2. The quantitative estimate of drug-likeness (QED) is 0.606. The third-order valence-corrected chi connectivity index (χ3v) is 2.39. The van der Waals surface area contributed by atoms with Gasteiger partial charge in [0, 0.05) is 5.69 Å². The summed E-state index contributed by atoms with van der Waals surface area (Å²) in [4.78, 5) is 11.5. The molecule has 1 rings (SSSR count). The van der Waals surface area contributed by atoms with Crippen LogP contribution in [0.25, 0.3) is 0 Å². The number of hydrogen-bond acceptors (Lipinski definition) is 3. The van der Waals surface area contributed by atoms with E-state index in [-0.39, 0.29) is 12.0 Å². The highest BCUT2D eigenvalue weighted by Gasteiger charge is 2.14. The summed E-state index contributed by atoms with van der Waals surface area (Å²) in [5.41, 5.74) is 2.08. The van der Waals surface area contributed by atoms with E-state index in [4.69, 9.17) is 4.74 Å². The first-order chi connectivity index (χ1) is 8.19. The van der Waals surface area contributed by atoms with E-state index >= 15 is 0 Å². The van der Waals surface area contributed by atoms with Crippen molar-refractivity contribution in [2.75, 3.05) is 11.9 Å². The second-order valence-electron chi connectivity index (χ2n) is 3.77. The summed E-state index contributed by atoms with van der Waals surface area (Å²) in [5.74, 6) is -0.235. The number of rotatable bonds is 6. The molecule has 0 saturated carbocycles. The number of allylic oxidation sites excluding steroid dienone is 1. The lowest BCUT2D eigenvalue weighted by molar-refractivity contribution is -0.143. The van der Waals surface area contributed by atoms with E-state index in [1.807, 2.05) is 30.3 Å². The number of carbonyl (C=O) groups is 1. The number of carbonyl (C=O) groups excluding carboxylic acids is 1. The number of anilines is 1. The molecule has 1 aromatic carbocycles. The molecular weight excluding hydrogens is 214 g/mol. The molecule has 1 aromatic rings. The van der Waals surface area contributed by atoms with Crippen molar-refractivity contribution in [2.45, 2.75) is 26.3 Å². The average molecular weight is 233 g/mol. The van der Waals surface area contributed by atoms with Crippen molar-refractivity contribution in [1.29, 1.82) is 0 Å². The van der Waals surface area contributed by atoms with Gasteiger partial charge in [0.05, 0.1) is 6.61 Å². The third-order valence-electron chi connectivity index (χ3n) is 2.39. The zero-order valence-corrected chi connectivity index (χ0v) is 10.4. The van der Waals surface area contributed by atoms with E-state index in [2.05, 4.69) is 11.9 Å². The Labute approximate surface area is 102 Å². The fourth-order valence-corrected chi connectivity index (χ4v) is 1.55. The van der Waals surface area contributed by atoms with Crippen LogP contribution in [0, 0.1) is 0 Å². The van der Waals surface area contributed by atoms with Gasteiger partial charge in [-0.3, -0.25) is 0 Å². The maximum absolute atomic E-state index is 11.5. The van der Waals surface area contributed by atoms with E-state index in [1.165, 1.54) is 0 Å². The summed E-state index contributed by atoms with van der Waals surface area (Å²) >= 11 is 0. The second kappa shape index (κ2) is 6.74. The van der Waals surface area contributed by atoms with Crippen LogP contribution < -0.4 is 5.32 Å². The molecule has 0 aromatic heterocycles. The number of nitrogens with one attached hydrogen (secondary N) is 1. The van der Waals surface area contributed by atoms with Crippen LogP contribution in [0.15, 0.2) is 36.9 Å². The standard InChI is InChI=1S/C14H19NO2/c1-4-8-12-9-6-7-10-13(12)15-11(3)14(16)17-5-2/h4,6-7,9-11,15H,1,5,8H2,2-3H3/t11-/m1/s1. The van der Waals surface area contributed by atoms with Crippen molar-refractivity contribution in [3.8, 4) is 0 Å². The topological polar surface area (TPSA) is 38.3 Å². The van der Waals surface area contributed by atoms with Crippen molar-refractivity contribution >= 4 is 11.7 Å². The summed E-state index contributed by atoms with van der Waals surface area (Å²) < 4.78 is 4.95. The van der Waals surface area contributed by atoms with Crippen LogP contribution >= 0.6 is 0 Å². The van der Waals surface area contributed by atoms with Crippen LogP contribution in [-0.4, -0.2) is 18.6 Å².